The molecule has 0 radical (unpaired) electrons. The van der Waals surface area contributed by atoms with Crippen molar-refractivity contribution in [1.29, 1.82) is 0 Å². The SMILES string of the molecule is CC(C)(C)c1[nH]cnc1/C=c1\[nH]c(=O)/c(=C/c2cccc(OPO)c2)[nH]c1=O. The van der Waals surface area contributed by atoms with Crippen LogP contribution in [0.4, 0.5) is 0 Å². The lowest BCUT2D eigenvalue weighted by Gasteiger charge is -2.16. The van der Waals surface area contributed by atoms with Gasteiger partial charge in [-0.2, -0.15) is 0 Å². The largest absolute Gasteiger partial charge is 0.450 e. The summed E-state index contributed by atoms with van der Waals surface area (Å²) in [5.74, 6) is 0.464. The standard InChI is InChI=1S/C19H21N4O4P/c1-19(2,3)16-13(20-10-21-16)9-15-18(25)22-14(17(24)23-15)8-11-5-4-6-12(7-11)27-28-26/h4-10,26,28H,1-3H3,(H,20,21)(H,22,25)(H,23,24)/b14-8-,15-9-. The summed E-state index contributed by atoms with van der Waals surface area (Å²) in [4.78, 5) is 46.3. The summed E-state index contributed by atoms with van der Waals surface area (Å²) >= 11 is 0. The highest BCUT2D eigenvalue weighted by molar-refractivity contribution is 7.25. The minimum Gasteiger partial charge on any atom is -0.450 e. The molecule has 146 valence electrons. The molecule has 1 unspecified atom stereocenters. The molecule has 28 heavy (non-hydrogen) atoms. The maximum Gasteiger partial charge on any atom is 0.272 e. The van der Waals surface area contributed by atoms with Crippen molar-refractivity contribution in [2.75, 3.05) is 0 Å². The van der Waals surface area contributed by atoms with Crippen molar-refractivity contribution >= 4 is 21.2 Å². The van der Waals surface area contributed by atoms with Gasteiger partial charge in [0.15, 0.2) is 0 Å². The molecule has 0 bridgehead atoms. The zero-order chi connectivity index (χ0) is 20.3. The van der Waals surface area contributed by atoms with Gasteiger partial charge in [0, 0.05) is 11.1 Å². The van der Waals surface area contributed by atoms with Crippen LogP contribution in [0.15, 0.2) is 40.2 Å². The quantitative estimate of drug-likeness (QED) is 0.478. The van der Waals surface area contributed by atoms with Crippen molar-refractivity contribution in [1.82, 2.24) is 19.9 Å². The minimum absolute atomic E-state index is 0.115. The van der Waals surface area contributed by atoms with E-state index < -0.39 is 20.2 Å². The van der Waals surface area contributed by atoms with E-state index in [4.69, 9.17) is 9.42 Å². The number of nitrogens with zero attached hydrogens (tertiary/aromatic N) is 1. The van der Waals surface area contributed by atoms with E-state index in [0.717, 1.165) is 5.69 Å². The first-order chi connectivity index (χ1) is 13.3. The van der Waals surface area contributed by atoms with Crippen LogP contribution in [-0.2, 0) is 5.41 Å². The lowest BCUT2D eigenvalue weighted by Crippen LogP contribution is -2.46. The van der Waals surface area contributed by atoms with E-state index in [0.29, 0.717) is 17.0 Å². The van der Waals surface area contributed by atoms with E-state index in [1.165, 1.54) is 6.08 Å². The van der Waals surface area contributed by atoms with Gasteiger partial charge in [-0.05, 0) is 29.8 Å². The van der Waals surface area contributed by atoms with Crippen LogP contribution >= 0.6 is 9.03 Å². The fourth-order valence-corrected chi connectivity index (χ4v) is 2.97. The Labute approximate surface area is 162 Å². The van der Waals surface area contributed by atoms with Crippen LogP contribution < -0.4 is 26.3 Å². The van der Waals surface area contributed by atoms with E-state index in [9.17, 15) is 9.59 Å². The Bertz CT molecular complexity index is 1220. The fourth-order valence-electron chi connectivity index (χ4n) is 2.74. The van der Waals surface area contributed by atoms with E-state index in [-0.39, 0.29) is 16.1 Å². The number of hydrogen-bond donors (Lipinski definition) is 4. The molecule has 2 aromatic heterocycles. The highest BCUT2D eigenvalue weighted by Crippen LogP contribution is 2.22. The van der Waals surface area contributed by atoms with E-state index in [1.807, 2.05) is 20.8 Å². The van der Waals surface area contributed by atoms with Crippen LogP contribution in [0.3, 0.4) is 0 Å². The first-order valence-electron chi connectivity index (χ1n) is 8.54. The fraction of sp³-hybridized carbons (Fsp3) is 0.211. The number of nitrogens with one attached hydrogen (secondary N) is 3. The predicted octanol–water partition coefficient (Wildman–Crippen LogP) is 0.621. The molecule has 0 saturated carbocycles. The van der Waals surface area contributed by atoms with Gasteiger partial charge >= 0.3 is 0 Å². The van der Waals surface area contributed by atoms with E-state index in [1.54, 1.807) is 36.7 Å². The highest BCUT2D eigenvalue weighted by atomic mass is 31.1. The Morgan fingerprint density at radius 1 is 1.11 bits per heavy atom. The van der Waals surface area contributed by atoms with Gasteiger partial charge in [-0.3, -0.25) is 9.59 Å². The third-order valence-corrected chi connectivity index (χ3v) is 4.34. The summed E-state index contributed by atoms with van der Waals surface area (Å²) in [6, 6.07) is 6.81. The Morgan fingerprint density at radius 3 is 2.43 bits per heavy atom. The highest BCUT2D eigenvalue weighted by Gasteiger charge is 2.19. The number of aromatic amines is 3. The van der Waals surface area contributed by atoms with E-state index in [2.05, 4.69) is 19.9 Å². The number of aromatic nitrogens is 4. The Morgan fingerprint density at radius 2 is 1.79 bits per heavy atom. The second-order valence-corrected chi connectivity index (χ2v) is 7.59. The third kappa shape index (κ3) is 4.47. The molecule has 0 aliphatic heterocycles. The van der Waals surface area contributed by atoms with Gasteiger partial charge in [0.1, 0.15) is 16.4 Å². The number of H-pyrrole nitrogens is 3. The maximum atomic E-state index is 12.5. The van der Waals surface area contributed by atoms with Crippen molar-refractivity contribution in [2.45, 2.75) is 26.2 Å². The van der Waals surface area contributed by atoms with Gasteiger partial charge in [-0.15, -0.1) is 0 Å². The first-order valence-corrected chi connectivity index (χ1v) is 9.39. The molecule has 3 aromatic rings. The number of benzene rings is 1. The number of imidazole rings is 1. The van der Waals surface area contributed by atoms with Crippen molar-refractivity contribution in [3.05, 3.63) is 78.9 Å². The summed E-state index contributed by atoms with van der Waals surface area (Å²) in [7, 11) is -0.675. The average molecular weight is 400 g/mol. The van der Waals surface area contributed by atoms with Crippen LogP contribution in [0.25, 0.3) is 12.2 Å². The molecule has 4 N–H and O–H groups in total. The molecule has 0 spiro atoms. The summed E-state index contributed by atoms with van der Waals surface area (Å²) in [6.07, 6.45) is 4.65. The summed E-state index contributed by atoms with van der Waals surface area (Å²) in [6.45, 7) is 6.08. The molecule has 0 aliphatic rings. The van der Waals surface area contributed by atoms with Crippen LogP contribution in [0.2, 0.25) is 0 Å². The molecule has 2 heterocycles. The van der Waals surface area contributed by atoms with Crippen LogP contribution in [0.5, 0.6) is 5.75 Å². The molecule has 3 rings (SSSR count). The van der Waals surface area contributed by atoms with Crippen LogP contribution in [0.1, 0.15) is 37.7 Å². The monoisotopic (exact) mass is 400 g/mol. The molecule has 0 amide bonds. The first kappa shape index (κ1) is 19.8. The zero-order valence-electron chi connectivity index (χ0n) is 15.7. The molecule has 1 atom stereocenters. The minimum atomic E-state index is -0.675. The molecule has 9 heteroatoms. The maximum absolute atomic E-state index is 12.5. The van der Waals surface area contributed by atoms with Gasteiger partial charge < -0.3 is 24.4 Å². The van der Waals surface area contributed by atoms with Crippen molar-refractivity contribution in [3.8, 4) is 5.75 Å². The summed E-state index contributed by atoms with van der Waals surface area (Å²) < 4.78 is 5.05. The van der Waals surface area contributed by atoms with Gasteiger partial charge in [0.2, 0.25) is 9.03 Å². The third-order valence-electron chi connectivity index (χ3n) is 4.02. The summed E-state index contributed by atoms with van der Waals surface area (Å²) in [5, 5.41) is 0.238. The Kier molecular flexibility index (Phi) is 5.63. The van der Waals surface area contributed by atoms with Gasteiger partial charge in [0.05, 0.1) is 12.0 Å². The number of rotatable bonds is 4. The summed E-state index contributed by atoms with van der Waals surface area (Å²) in [5.41, 5.74) is 1.05. The topological polar surface area (TPSA) is 124 Å². The lowest BCUT2D eigenvalue weighted by atomic mass is 9.90. The molecule has 0 saturated heterocycles. The molecular formula is C19H21N4O4P. The van der Waals surface area contributed by atoms with Crippen molar-refractivity contribution in [3.63, 3.8) is 0 Å². The van der Waals surface area contributed by atoms with Crippen LogP contribution in [-0.4, -0.2) is 24.8 Å². The van der Waals surface area contributed by atoms with Crippen molar-refractivity contribution < 1.29 is 9.42 Å². The van der Waals surface area contributed by atoms with Gasteiger partial charge in [0.25, 0.3) is 11.1 Å². The van der Waals surface area contributed by atoms with Gasteiger partial charge in [-0.25, -0.2) is 4.98 Å². The predicted molar refractivity (Wildman–Crippen MR) is 109 cm³/mol. The molecular weight excluding hydrogens is 379 g/mol. The molecule has 0 fully saturated rings. The number of hydrogen-bond acceptors (Lipinski definition) is 5. The lowest BCUT2D eigenvalue weighted by molar-refractivity contribution is 0.514. The Balaban J connectivity index is 2.08. The van der Waals surface area contributed by atoms with Crippen molar-refractivity contribution in [2.24, 2.45) is 0 Å². The van der Waals surface area contributed by atoms with Crippen LogP contribution in [0, 0.1) is 0 Å². The second-order valence-electron chi connectivity index (χ2n) is 7.20. The average Bonchev–Trinajstić information content (AvgIpc) is 3.08. The molecule has 1 aromatic carbocycles. The van der Waals surface area contributed by atoms with Gasteiger partial charge in [-0.1, -0.05) is 32.9 Å². The van der Waals surface area contributed by atoms with E-state index >= 15 is 0 Å². The normalized spacial score (nSPS) is 13.6. The molecule has 0 aliphatic carbocycles. The zero-order valence-corrected chi connectivity index (χ0v) is 16.7. The smallest absolute Gasteiger partial charge is 0.272 e. The molecule has 8 nitrogen and oxygen atoms in total. The Hall–Kier alpha value is -2.96. The second kappa shape index (κ2) is 7.96.